The van der Waals surface area contributed by atoms with E-state index in [1.54, 1.807) is 35.2 Å². The second kappa shape index (κ2) is 17.2. The van der Waals surface area contributed by atoms with Crippen molar-refractivity contribution in [2.24, 2.45) is 0 Å². The van der Waals surface area contributed by atoms with Gasteiger partial charge in [0.05, 0.1) is 16.6 Å². The van der Waals surface area contributed by atoms with Crippen molar-refractivity contribution in [3.8, 4) is 0 Å². The van der Waals surface area contributed by atoms with Gasteiger partial charge in [-0.15, -0.1) is 0 Å². The van der Waals surface area contributed by atoms with Gasteiger partial charge in [-0.2, -0.15) is 5.10 Å². The summed E-state index contributed by atoms with van der Waals surface area (Å²) in [6.45, 7) is 1.64. The standard InChI is InChI=1S/C40H45FN6O5/c41-32-18-17-26(24-34-27-13-8-9-14-28(27)38(50)46-45-34)23-30(32)37(49)43-22-11-7-5-3-1-2-4-6-10-21-42-33-16-12-15-29-31(33)25-47(40(29)52)35-19-20-36(48)44-39(35)51/h8-9,12-18,23,35,42H,1-7,10-11,19-22,24-25H2,(H,43,49)(H,46,50)(H,44,48,51). The zero-order valence-corrected chi connectivity index (χ0v) is 29.3. The Bertz CT molecular complexity index is 2010. The van der Waals surface area contributed by atoms with E-state index in [0.29, 0.717) is 42.6 Å². The van der Waals surface area contributed by atoms with Gasteiger partial charge in [0.25, 0.3) is 17.4 Å². The smallest absolute Gasteiger partial charge is 0.272 e. The van der Waals surface area contributed by atoms with Crippen LogP contribution < -0.4 is 21.5 Å². The van der Waals surface area contributed by atoms with Gasteiger partial charge in [0.2, 0.25) is 11.8 Å². The van der Waals surface area contributed by atoms with Crippen molar-refractivity contribution in [3.05, 3.63) is 105 Å². The number of imide groups is 1. The maximum Gasteiger partial charge on any atom is 0.272 e. The Morgan fingerprint density at radius 2 is 1.56 bits per heavy atom. The summed E-state index contributed by atoms with van der Waals surface area (Å²) in [4.78, 5) is 63.4. The lowest BCUT2D eigenvalue weighted by Gasteiger charge is -2.29. The molecule has 3 heterocycles. The summed E-state index contributed by atoms with van der Waals surface area (Å²) >= 11 is 0. The minimum Gasteiger partial charge on any atom is -0.385 e. The van der Waals surface area contributed by atoms with Crippen LogP contribution in [0.5, 0.6) is 0 Å². The number of aromatic amines is 1. The number of halogens is 1. The van der Waals surface area contributed by atoms with Gasteiger partial charge in [-0.05, 0) is 55.2 Å². The maximum absolute atomic E-state index is 14.6. The predicted molar refractivity (Wildman–Crippen MR) is 196 cm³/mol. The SMILES string of the molecule is O=C1CCC(N2Cc3c(NCCCCCCCCCCCNC(=O)c4cc(Cc5n[nH]c(=O)c6ccccc56)ccc4F)cccc3C2=O)C(=O)N1. The van der Waals surface area contributed by atoms with E-state index >= 15 is 0 Å². The van der Waals surface area contributed by atoms with Gasteiger partial charge in [0, 0.05) is 54.7 Å². The molecule has 1 atom stereocenters. The highest BCUT2D eigenvalue weighted by Gasteiger charge is 2.39. The lowest BCUT2D eigenvalue weighted by atomic mass is 10.0. The zero-order chi connectivity index (χ0) is 36.5. The molecule has 4 N–H and O–H groups in total. The van der Waals surface area contributed by atoms with Gasteiger partial charge in [-0.1, -0.05) is 75.3 Å². The van der Waals surface area contributed by atoms with E-state index in [-0.39, 0.29) is 29.4 Å². The fourth-order valence-corrected chi connectivity index (χ4v) is 7.11. The third-order valence-electron chi connectivity index (χ3n) is 9.96. The molecule has 1 saturated heterocycles. The van der Waals surface area contributed by atoms with Crippen molar-refractivity contribution < 1.29 is 23.6 Å². The van der Waals surface area contributed by atoms with E-state index in [0.717, 1.165) is 86.5 Å². The Morgan fingerprint density at radius 3 is 2.31 bits per heavy atom. The minimum atomic E-state index is -0.617. The zero-order valence-electron chi connectivity index (χ0n) is 29.3. The molecule has 12 heteroatoms. The average Bonchev–Trinajstić information content (AvgIpc) is 3.48. The van der Waals surface area contributed by atoms with Crippen molar-refractivity contribution >= 4 is 40.1 Å². The molecule has 4 amide bonds. The van der Waals surface area contributed by atoms with Crippen LogP contribution in [0.25, 0.3) is 10.8 Å². The molecule has 0 saturated carbocycles. The number of aromatic nitrogens is 2. The molecule has 1 unspecified atom stereocenters. The second-order valence-electron chi connectivity index (χ2n) is 13.6. The van der Waals surface area contributed by atoms with Gasteiger partial charge >= 0.3 is 0 Å². The molecule has 0 radical (unpaired) electrons. The Labute approximate surface area is 301 Å². The number of amides is 4. The summed E-state index contributed by atoms with van der Waals surface area (Å²) in [5, 5.41) is 16.7. The lowest BCUT2D eigenvalue weighted by Crippen LogP contribution is -2.52. The van der Waals surface area contributed by atoms with Gasteiger partial charge in [-0.25, -0.2) is 9.49 Å². The van der Waals surface area contributed by atoms with E-state index < -0.39 is 23.7 Å². The first kappa shape index (κ1) is 36.4. The third-order valence-corrected chi connectivity index (χ3v) is 9.96. The first-order chi connectivity index (χ1) is 25.3. The highest BCUT2D eigenvalue weighted by Crippen LogP contribution is 2.32. The molecular formula is C40H45FN6O5. The van der Waals surface area contributed by atoms with Gasteiger partial charge in [0.1, 0.15) is 11.9 Å². The van der Waals surface area contributed by atoms with Crippen LogP contribution in [-0.2, 0) is 22.6 Å². The summed E-state index contributed by atoms with van der Waals surface area (Å²) in [5.41, 5.74) is 3.55. The van der Waals surface area contributed by atoms with E-state index in [4.69, 9.17) is 0 Å². The molecule has 0 aliphatic carbocycles. The van der Waals surface area contributed by atoms with Crippen LogP contribution in [0, 0.1) is 5.82 Å². The molecule has 1 aromatic heterocycles. The Balaban J connectivity index is 0.825. The topological polar surface area (TPSA) is 153 Å². The number of anilines is 1. The average molecular weight is 709 g/mol. The quantitative estimate of drug-likeness (QED) is 0.0803. The lowest BCUT2D eigenvalue weighted by molar-refractivity contribution is -0.136. The number of unbranched alkanes of at least 4 members (excludes halogenated alkanes) is 8. The number of rotatable bonds is 17. The molecule has 1 fully saturated rings. The van der Waals surface area contributed by atoms with Crippen molar-refractivity contribution in [2.45, 2.75) is 89.6 Å². The number of piperidine rings is 1. The number of fused-ring (bicyclic) bond motifs is 2. The van der Waals surface area contributed by atoms with Crippen molar-refractivity contribution in [3.63, 3.8) is 0 Å². The van der Waals surface area contributed by atoms with Crippen molar-refractivity contribution in [2.75, 3.05) is 18.4 Å². The summed E-state index contributed by atoms with van der Waals surface area (Å²) in [6, 6.07) is 16.7. The molecule has 6 rings (SSSR count). The molecule has 2 aliphatic rings. The van der Waals surface area contributed by atoms with Crippen LogP contribution in [0.1, 0.15) is 108 Å². The maximum atomic E-state index is 14.6. The highest BCUT2D eigenvalue weighted by atomic mass is 19.1. The molecule has 0 spiro atoms. The van der Waals surface area contributed by atoms with Gasteiger partial charge in [-0.3, -0.25) is 29.3 Å². The van der Waals surface area contributed by atoms with Crippen LogP contribution in [0.15, 0.2) is 65.5 Å². The first-order valence-electron chi connectivity index (χ1n) is 18.3. The van der Waals surface area contributed by atoms with E-state index in [2.05, 4.69) is 26.1 Å². The van der Waals surface area contributed by atoms with E-state index in [1.807, 2.05) is 24.3 Å². The number of carbonyl (C=O) groups excluding carboxylic acids is 4. The highest BCUT2D eigenvalue weighted by molar-refractivity contribution is 6.06. The Hall–Kier alpha value is -5.39. The van der Waals surface area contributed by atoms with Crippen LogP contribution >= 0.6 is 0 Å². The summed E-state index contributed by atoms with van der Waals surface area (Å²) in [7, 11) is 0. The number of hydrogen-bond donors (Lipinski definition) is 4. The van der Waals surface area contributed by atoms with E-state index in [9.17, 15) is 28.4 Å². The normalized spacial score (nSPS) is 15.5. The molecule has 4 aromatic rings. The molecule has 11 nitrogen and oxygen atoms in total. The number of H-pyrrole nitrogens is 1. The van der Waals surface area contributed by atoms with Crippen LogP contribution in [0.4, 0.5) is 10.1 Å². The summed E-state index contributed by atoms with van der Waals surface area (Å²) in [6.07, 6.45) is 10.5. The summed E-state index contributed by atoms with van der Waals surface area (Å²) < 4.78 is 14.6. The summed E-state index contributed by atoms with van der Waals surface area (Å²) in [5.74, 6) is -1.87. The molecule has 0 bridgehead atoms. The predicted octanol–water partition coefficient (Wildman–Crippen LogP) is 5.77. The number of carbonyl (C=O) groups is 4. The molecule has 272 valence electrons. The molecule has 52 heavy (non-hydrogen) atoms. The van der Waals surface area contributed by atoms with Crippen LogP contribution in [-0.4, -0.2) is 57.9 Å². The number of benzene rings is 3. The van der Waals surface area contributed by atoms with Crippen molar-refractivity contribution in [1.82, 2.24) is 25.7 Å². The minimum absolute atomic E-state index is 0.000587. The van der Waals surface area contributed by atoms with Gasteiger partial charge < -0.3 is 15.5 Å². The third kappa shape index (κ3) is 8.72. The number of nitrogens with one attached hydrogen (secondary N) is 4. The Kier molecular flexibility index (Phi) is 12.1. The van der Waals surface area contributed by atoms with Crippen LogP contribution in [0.2, 0.25) is 0 Å². The fourth-order valence-electron chi connectivity index (χ4n) is 7.11. The Morgan fingerprint density at radius 1 is 0.846 bits per heavy atom. The molecular weight excluding hydrogens is 663 g/mol. The van der Waals surface area contributed by atoms with Crippen LogP contribution in [0.3, 0.4) is 0 Å². The number of hydrogen-bond acceptors (Lipinski definition) is 7. The molecule has 2 aliphatic heterocycles. The molecule has 3 aromatic carbocycles. The fraction of sp³-hybridized carbons (Fsp3) is 0.400. The largest absolute Gasteiger partial charge is 0.385 e. The monoisotopic (exact) mass is 708 g/mol. The van der Waals surface area contributed by atoms with E-state index in [1.165, 1.54) is 6.07 Å². The second-order valence-corrected chi connectivity index (χ2v) is 13.6. The van der Waals surface area contributed by atoms with Crippen molar-refractivity contribution in [1.29, 1.82) is 0 Å². The van der Waals surface area contributed by atoms with Gasteiger partial charge in [0.15, 0.2) is 0 Å². The number of nitrogens with zero attached hydrogens (tertiary/aromatic N) is 2. The first-order valence-corrected chi connectivity index (χ1v) is 18.3.